The zero-order chi connectivity index (χ0) is 20.6. The number of hydrogen-bond acceptors (Lipinski definition) is 3. The standard InChI is InChI=1S/C21H16F4O3/c1-11-16(18(26)14-9-6-10-15(17(14)22)21(23,24)25)20(28-3)13-8-5-4-7-12(13)19(11)27-2/h4-10H,1-3H3. The SMILES string of the molecule is COc1c(C)c(C(=O)c2cccc(C(F)(F)F)c2F)c(OC)c2ccccc12. The first-order chi connectivity index (χ1) is 13.2. The Balaban J connectivity index is 2.33. The molecule has 3 aromatic rings. The van der Waals surface area contributed by atoms with Crippen LogP contribution in [-0.4, -0.2) is 20.0 Å². The molecular weight excluding hydrogens is 376 g/mol. The first kappa shape index (κ1) is 19.7. The third-order valence-corrected chi connectivity index (χ3v) is 4.54. The maximum absolute atomic E-state index is 14.6. The second-order valence-corrected chi connectivity index (χ2v) is 6.11. The Kier molecular flexibility index (Phi) is 5.02. The Morgan fingerprint density at radius 2 is 1.46 bits per heavy atom. The van der Waals surface area contributed by atoms with E-state index in [-0.39, 0.29) is 11.3 Å². The van der Waals surface area contributed by atoms with Crippen LogP contribution < -0.4 is 9.47 Å². The van der Waals surface area contributed by atoms with Crippen LogP contribution in [0.15, 0.2) is 42.5 Å². The summed E-state index contributed by atoms with van der Waals surface area (Å²) < 4.78 is 64.5. The van der Waals surface area contributed by atoms with Gasteiger partial charge in [0, 0.05) is 16.3 Å². The van der Waals surface area contributed by atoms with E-state index in [4.69, 9.17) is 9.47 Å². The van der Waals surface area contributed by atoms with Gasteiger partial charge in [0.05, 0.1) is 30.9 Å². The molecule has 0 fully saturated rings. The number of ether oxygens (including phenoxy) is 2. The molecule has 0 aliphatic heterocycles. The molecule has 0 spiro atoms. The summed E-state index contributed by atoms with van der Waals surface area (Å²) in [5.74, 6) is -2.02. The Morgan fingerprint density at radius 1 is 0.893 bits per heavy atom. The second kappa shape index (κ2) is 7.14. The summed E-state index contributed by atoms with van der Waals surface area (Å²) in [6, 6.07) is 9.57. The summed E-state index contributed by atoms with van der Waals surface area (Å²) in [5, 5.41) is 1.20. The normalized spacial score (nSPS) is 11.5. The van der Waals surface area contributed by atoms with Gasteiger partial charge in [-0.2, -0.15) is 13.2 Å². The lowest BCUT2D eigenvalue weighted by molar-refractivity contribution is -0.140. The molecule has 0 unspecified atom stereocenters. The van der Waals surface area contributed by atoms with Gasteiger partial charge in [-0.1, -0.05) is 30.3 Å². The molecule has 0 radical (unpaired) electrons. The highest BCUT2D eigenvalue weighted by Gasteiger charge is 2.36. The molecule has 0 N–H and O–H groups in total. The van der Waals surface area contributed by atoms with Crippen molar-refractivity contribution in [3.8, 4) is 11.5 Å². The fourth-order valence-corrected chi connectivity index (χ4v) is 3.31. The van der Waals surface area contributed by atoms with E-state index in [2.05, 4.69) is 0 Å². The molecule has 0 saturated heterocycles. The van der Waals surface area contributed by atoms with E-state index in [1.165, 1.54) is 14.2 Å². The smallest absolute Gasteiger partial charge is 0.419 e. The molecule has 7 heteroatoms. The number of methoxy groups -OCH3 is 2. The topological polar surface area (TPSA) is 35.5 Å². The Labute approximate surface area is 158 Å². The summed E-state index contributed by atoms with van der Waals surface area (Å²) in [6.07, 6.45) is -4.92. The summed E-state index contributed by atoms with van der Waals surface area (Å²) in [7, 11) is 2.76. The molecular formula is C21H16F4O3. The first-order valence-electron chi connectivity index (χ1n) is 8.26. The molecule has 28 heavy (non-hydrogen) atoms. The minimum Gasteiger partial charge on any atom is -0.496 e. The van der Waals surface area contributed by atoms with Crippen LogP contribution in [0.3, 0.4) is 0 Å². The molecule has 3 rings (SSSR count). The van der Waals surface area contributed by atoms with E-state index < -0.39 is 28.9 Å². The zero-order valence-corrected chi connectivity index (χ0v) is 15.3. The largest absolute Gasteiger partial charge is 0.496 e. The van der Waals surface area contributed by atoms with E-state index in [0.717, 1.165) is 12.1 Å². The lowest BCUT2D eigenvalue weighted by Gasteiger charge is -2.19. The molecule has 0 aliphatic rings. The van der Waals surface area contributed by atoms with Gasteiger partial charge in [-0.25, -0.2) is 4.39 Å². The minimum atomic E-state index is -4.92. The Hall–Kier alpha value is -3.09. The van der Waals surface area contributed by atoms with Gasteiger partial charge in [-0.3, -0.25) is 4.79 Å². The number of fused-ring (bicyclic) bond motifs is 1. The first-order valence-corrected chi connectivity index (χ1v) is 8.26. The van der Waals surface area contributed by atoms with Gasteiger partial charge >= 0.3 is 6.18 Å². The molecule has 146 valence electrons. The molecule has 3 aromatic carbocycles. The summed E-state index contributed by atoms with van der Waals surface area (Å²) in [6.45, 7) is 1.58. The third-order valence-electron chi connectivity index (χ3n) is 4.54. The highest BCUT2D eigenvalue weighted by Crippen LogP contribution is 2.42. The van der Waals surface area contributed by atoms with E-state index in [9.17, 15) is 22.4 Å². The molecule has 0 aromatic heterocycles. The van der Waals surface area contributed by atoms with Crippen LogP contribution in [0.5, 0.6) is 11.5 Å². The number of carbonyl (C=O) groups excluding carboxylic acids is 1. The summed E-state index contributed by atoms with van der Waals surface area (Å²) >= 11 is 0. The van der Waals surface area contributed by atoms with Crippen LogP contribution in [0.1, 0.15) is 27.0 Å². The summed E-state index contributed by atoms with van der Waals surface area (Å²) in [5.41, 5.74) is -1.88. The van der Waals surface area contributed by atoms with Crippen molar-refractivity contribution < 1.29 is 31.8 Å². The van der Waals surface area contributed by atoms with Gasteiger partial charge in [-0.05, 0) is 19.1 Å². The van der Waals surface area contributed by atoms with Gasteiger partial charge in [0.15, 0.2) is 5.78 Å². The summed E-state index contributed by atoms with van der Waals surface area (Å²) in [4.78, 5) is 13.1. The minimum absolute atomic E-state index is 0.0451. The van der Waals surface area contributed by atoms with E-state index in [1.54, 1.807) is 31.2 Å². The highest BCUT2D eigenvalue weighted by atomic mass is 19.4. The maximum atomic E-state index is 14.6. The van der Waals surface area contributed by atoms with Gasteiger partial charge < -0.3 is 9.47 Å². The number of benzene rings is 3. The Bertz CT molecular complexity index is 1070. The van der Waals surface area contributed by atoms with Crippen molar-refractivity contribution in [1.29, 1.82) is 0 Å². The highest BCUT2D eigenvalue weighted by molar-refractivity contribution is 6.16. The van der Waals surface area contributed by atoms with Crippen molar-refractivity contribution in [3.05, 3.63) is 70.5 Å². The monoisotopic (exact) mass is 392 g/mol. The molecule has 0 atom stereocenters. The zero-order valence-electron chi connectivity index (χ0n) is 15.3. The van der Waals surface area contributed by atoms with Crippen molar-refractivity contribution >= 4 is 16.6 Å². The van der Waals surface area contributed by atoms with E-state index in [0.29, 0.717) is 28.2 Å². The molecule has 0 saturated carbocycles. The maximum Gasteiger partial charge on any atom is 0.419 e. The quantitative estimate of drug-likeness (QED) is 0.431. The van der Waals surface area contributed by atoms with Crippen molar-refractivity contribution in [2.45, 2.75) is 13.1 Å². The van der Waals surface area contributed by atoms with Crippen LogP contribution in [-0.2, 0) is 6.18 Å². The predicted octanol–water partition coefficient (Wildman–Crippen LogP) is 5.55. The third kappa shape index (κ3) is 3.06. The fourth-order valence-electron chi connectivity index (χ4n) is 3.31. The van der Waals surface area contributed by atoms with E-state index in [1.807, 2.05) is 0 Å². The van der Waals surface area contributed by atoms with Gasteiger partial charge in [-0.15, -0.1) is 0 Å². The average molecular weight is 392 g/mol. The second-order valence-electron chi connectivity index (χ2n) is 6.11. The lowest BCUT2D eigenvalue weighted by Crippen LogP contribution is -2.15. The fraction of sp³-hybridized carbons (Fsp3) is 0.190. The molecule has 0 heterocycles. The molecule has 0 amide bonds. The number of halogens is 4. The Morgan fingerprint density at radius 3 is 2.00 bits per heavy atom. The molecule has 3 nitrogen and oxygen atoms in total. The van der Waals surface area contributed by atoms with Crippen LogP contribution >= 0.6 is 0 Å². The van der Waals surface area contributed by atoms with Crippen LogP contribution in [0.25, 0.3) is 10.8 Å². The van der Waals surface area contributed by atoms with Crippen molar-refractivity contribution in [2.24, 2.45) is 0 Å². The number of alkyl halides is 3. The van der Waals surface area contributed by atoms with Crippen molar-refractivity contribution in [1.82, 2.24) is 0 Å². The molecule has 0 bridgehead atoms. The number of carbonyl (C=O) groups is 1. The van der Waals surface area contributed by atoms with Gasteiger partial charge in [0.1, 0.15) is 17.3 Å². The number of hydrogen-bond donors (Lipinski definition) is 0. The van der Waals surface area contributed by atoms with Crippen LogP contribution in [0.2, 0.25) is 0 Å². The predicted molar refractivity (Wildman–Crippen MR) is 96.6 cm³/mol. The van der Waals surface area contributed by atoms with Crippen LogP contribution in [0, 0.1) is 12.7 Å². The van der Waals surface area contributed by atoms with Gasteiger partial charge in [0.25, 0.3) is 0 Å². The van der Waals surface area contributed by atoms with Gasteiger partial charge in [0.2, 0.25) is 0 Å². The number of rotatable bonds is 4. The van der Waals surface area contributed by atoms with Crippen LogP contribution in [0.4, 0.5) is 17.6 Å². The lowest BCUT2D eigenvalue weighted by atomic mass is 9.92. The van der Waals surface area contributed by atoms with Crippen molar-refractivity contribution in [3.63, 3.8) is 0 Å². The molecule has 0 aliphatic carbocycles. The van der Waals surface area contributed by atoms with E-state index >= 15 is 0 Å². The average Bonchev–Trinajstić information content (AvgIpc) is 2.65. The van der Waals surface area contributed by atoms with Crippen molar-refractivity contribution in [2.75, 3.05) is 14.2 Å². The number of ketones is 1.